The highest BCUT2D eigenvalue weighted by molar-refractivity contribution is 7.83. The molecule has 1 heterocycles. The molecule has 66 valence electrons. The highest BCUT2D eigenvalue weighted by Crippen LogP contribution is 2.08. The van der Waals surface area contributed by atoms with Crippen LogP contribution in [-0.2, 0) is 11.0 Å². The Hall–Kier alpha value is 0.0700. The molecule has 0 radical (unpaired) electrons. The Morgan fingerprint density at radius 1 is 1.55 bits per heavy atom. The van der Waals surface area contributed by atoms with Gasteiger partial charge in [0.2, 0.25) is 0 Å². The third-order valence-electron chi connectivity index (χ3n) is 1.96. The minimum absolute atomic E-state index is 0.237. The molecule has 0 bridgehead atoms. The molecule has 1 rings (SSSR count). The first kappa shape index (κ1) is 9.16. The SMILES string of the molecule is CC(C)S(=O)N(C)C1CNC1. The maximum absolute atomic E-state index is 11.5. The fourth-order valence-corrected chi connectivity index (χ4v) is 2.12. The number of likely N-dealkylation sites (N-methyl/N-ethyl adjacent to an activating group) is 1. The predicted molar refractivity (Wildman–Crippen MR) is 47.7 cm³/mol. The predicted octanol–water partition coefficient (Wildman–Crippen LogP) is -0.0379. The third-order valence-corrected chi connectivity index (χ3v) is 3.63. The minimum Gasteiger partial charge on any atom is -0.313 e. The Morgan fingerprint density at radius 2 is 2.09 bits per heavy atom. The molecule has 1 atom stereocenters. The fourth-order valence-electron chi connectivity index (χ4n) is 1.01. The van der Waals surface area contributed by atoms with Crippen molar-refractivity contribution >= 4 is 11.0 Å². The van der Waals surface area contributed by atoms with Crippen molar-refractivity contribution in [2.75, 3.05) is 20.1 Å². The van der Waals surface area contributed by atoms with Crippen LogP contribution in [0.15, 0.2) is 0 Å². The Balaban J connectivity index is 2.39. The van der Waals surface area contributed by atoms with Gasteiger partial charge in [0.1, 0.15) is 0 Å². The van der Waals surface area contributed by atoms with Crippen LogP contribution in [0.4, 0.5) is 0 Å². The summed E-state index contributed by atoms with van der Waals surface area (Å²) < 4.78 is 13.4. The van der Waals surface area contributed by atoms with Gasteiger partial charge in [-0.1, -0.05) is 0 Å². The number of rotatable bonds is 3. The van der Waals surface area contributed by atoms with E-state index in [2.05, 4.69) is 5.32 Å². The first-order valence-corrected chi connectivity index (χ1v) is 5.14. The zero-order chi connectivity index (χ0) is 8.43. The molecule has 1 unspecified atom stereocenters. The van der Waals surface area contributed by atoms with E-state index in [0.29, 0.717) is 6.04 Å². The van der Waals surface area contributed by atoms with Crippen LogP contribution >= 0.6 is 0 Å². The van der Waals surface area contributed by atoms with E-state index in [1.165, 1.54) is 0 Å². The van der Waals surface area contributed by atoms with Crippen LogP contribution in [0.2, 0.25) is 0 Å². The van der Waals surface area contributed by atoms with Gasteiger partial charge >= 0.3 is 0 Å². The smallest absolute Gasteiger partial charge is 0.0969 e. The van der Waals surface area contributed by atoms with Crippen molar-refractivity contribution in [3.8, 4) is 0 Å². The number of nitrogens with zero attached hydrogens (tertiary/aromatic N) is 1. The number of hydrogen-bond acceptors (Lipinski definition) is 2. The number of nitrogens with one attached hydrogen (secondary N) is 1. The molecule has 1 aliphatic rings. The summed E-state index contributed by atoms with van der Waals surface area (Å²) >= 11 is 0. The van der Waals surface area contributed by atoms with Gasteiger partial charge in [-0.2, -0.15) is 0 Å². The largest absolute Gasteiger partial charge is 0.313 e. The molecular formula is C7H16N2OS. The summed E-state index contributed by atoms with van der Waals surface area (Å²) in [6, 6.07) is 0.484. The van der Waals surface area contributed by atoms with Gasteiger partial charge in [-0.15, -0.1) is 0 Å². The van der Waals surface area contributed by atoms with Crippen LogP contribution in [0.5, 0.6) is 0 Å². The van der Waals surface area contributed by atoms with Crippen LogP contribution < -0.4 is 5.32 Å². The van der Waals surface area contributed by atoms with Gasteiger partial charge in [0.15, 0.2) is 0 Å². The van der Waals surface area contributed by atoms with E-state index < -0.39 is 11.0 Å². The summed E-state index contributed by atoms with van der Waals surface area (Å²) in [6.45, 7) is 5.93. The molecule has 1 N–H and O–H groups in total. The van der Waals surface area contributed by atoms with Crippen LogP contribution in [0.25, 0.3) is 0 Å². The Labute approximate surface area is 70.7 Å². The summed E-state index contributed by atoms with van der Waals surface area (Å²) in [7, 11) is 1.13. The van der Waals surface area contributed by atoms with Crippen LogP contribution in [0.1, 0.15) is 13.8 Å². The molecule has 0 spiro atoms. The Kier molecular flexibility index (Phi) is 3.04. The molecule has 4 heteroatoms. The molecule has 0 aromatic rings. The first-order valence-electron chi connectivity index (χ1n) is 3.97. The summed E-state index contributed by atoms with van der Waals surface area (Å²) in [5, 5.41) is 3.40. The molecule has 0 aliphatic carbocycles. The van der Waals surface area contributed by atoms with Crippen molar-refractivity contribution in [2.24, 2.45) is 0 Å². The molecule has 1 fully saturated rings. The highest BCUT2D eigenvalue weighted by atomic mass is 32.2. The zero-order valence-electron chi connectivity index (χ0n) is 7.33. The van der Waals surface area contributed by atoms with Crippen LogP contribution in [0.3, 0.4) is 0 Å². The summed E-state index contributed by atoms with van der Waals surface area (Å²) in [5.41, 5.74) is 0. The van der Waals surface area contributed by atoms with Crippen molar-refractivity contribution in [1.82, 2.24) is 9.62 Å². The molecule has 0 aromatic carbocycles. The van der Waals surface area contributed by atoms with Gasteiger partial charge in [0, 0.05) is 31.4 Å². The van der Waals surface area contributed by atoms with E-state index in [-0.39, 0.29) is 5.25 Å². The van der Waals surface area contributed by atoms with Gasteiger partial charge in [-0.25, -0.2) is 8.51 Å². The molecule has 0 saturated carbocycles. The van der Waals surface area contributed by atoms with Gasteiger partial charge in [-0.3, -0.25) is 0 Å². The van der Waals surface area contributed by atoms with Crippen LogP contribution in [-0.4, -0.2) is 39.9 Å². The molecule has 11 heavy (non-hydrogen) atoms. The second kappa shape index (κ2) is 3.65. The lowest BCUT2D eigenvalue weighted by atomic mass is 10.2. The van der Waals surface area contributed by atoms with E-state index in [1.807, 2.05) is 25.2 Å². The molecular weight excluding hydrogens is 160 g/mol. The second-order valence-corrected chi connectivity index (χ2v) is 5.25. The normalized spacial score (nSPS) is 22.3. The standard InChI is InChI=1S/C7H16N2OS/c1-6(2)11(10)9(3)7-4-8-5-7/h6-8H,4-5H2,1-3H3. The second-order valence-electron chi connectivity index (χ2n) is 3.18. The van der Waals surface area contributed by atoms with Gasteiger partial charge in [-0.05, 0) is 13.8 Å². The lowest BCUT2D eigenvalue weighted by Crippen LogP contribution is -2.56. The van der Waals surface area contributed by atoms with Gasteiger partial charge in [0.25, 0.3) is 0 Å². The van der Waals surface area contributed by atoms with Gasteiger partial charge < -0.3 is 5.32 Å². The minimum atomic E-state index is -0.802. The average Bonchev–Trinajstić information content (AvgIpc) is 1.82. The molecule has 0 aromatic heterocycles. The molecule has 3 nitrogen and oxygen atoms in total. The Morgan fingerprint density at radius 3 is 2.36 bits per heavy atom. The molecule has 1 aliphatic heterocycles. The maximum Gasteiger partial charge on any atom is 0.0969 e. The lowest BCUT2D eigenvalue weighted by Gasteiger charge is -2.35. The van der Waals surface area contributed by atoms with Crippen molar-refractivity contribution in [1.29, 1.82) is 0 Å². The molecule has 1 saturated heterocycles. The lowest BCUT2D eigenvalue weighted by molar-refractivity contribution is 0.283. The Bertz CT molecular complexity index is 157. The fraction of sp³-hybridized carbons (Fsp3) is 1.00. The topological polar surface area (TPSA) is 32.3 Å². The summed E-state index contributed by atoms with van der Waals surface area (Å²) in [4.78, 5) is 0. The van der Waals surface area contributed by atoms with E-state index in [1.54, 1.807) is 0 Å². The van der Waals surface area contributed by atoms with E-state index in [4.69, 9.17) is 0 Å². The number of hydrogen-bond donors (Lipinski definition) is 1. The van der Waals surface area contributed by atoms with Crippen molar-refractivity contribution in [2.45, 2.75) is 25.1 Å². The van der Waals surface area contributed by atoms with E-state index >= 15 is 0 Å². The monoisotopic (exact) mass is 176 g/mol. The third kappa shape index (κ3) is 2.01. The summed E-state index contributed by atoms with van der Waals surface area (Å²) in [5.74, 6) is 0. The highest BCUT2D eigenvalue weighted by Gasteiger charge is 2.26. The van der Waals surface area contributed by atoms with E-state index in [9.17, 15) is 4.21 Å². The average molecular weight is 176 g/mol. The molecule has 0 amide bonds. The maximum atomic E-state index is 11.5. The summed E-state index contributed by atoms with van der Waals surface area (Å²) in [6.07, 6.45) is 0. The van der Waals surface area contributed by atoms with Crippen molar-refractivity contribution in [3.63, 3.8) is 0 Å². The van der Waals surface area contributed by atoms with Crippen LogP contribution in [0, 0.1) is 0 Å². The quantitative estimate of drug-likeness (QED) is 0.654. The van der Waals surface area contributed by atoms with Crippen molar-refractivity contribution < 1.29 is 4.21 Å². The van der Waals surface area contributed by atoms with Gasteiger partial charge in [0.05, 0.1) is 11.0 Å². The van der Waals surface area contributed by atoms with Crippen molar-refractivity contribution in [3.05, 3.63) is 0 Å². The van der Waals surface area contributed by atoms with E-state index in [0.717, 1.165) is 13.1 Å². The first-order chi connectivity index (χ1) is 5.13. The zero-order valence-corrected chi connectivity index (χ0v) is 8.15.